The molecule has 3 rings (SSSR count). The first-order valence-electron chi connectivity index (χ1n) is 5.43. The van der Waals surface area contributed by atoms with Crippen molar-refractivity contribution in [3.05, 3.63) is 54.1 Å². The minimum atomic E-state index is 0.0370. The van der Waals surface area contributed by atoms with Crippen molar-refractivity contribution >= 4 is 21.6 Å². The largest absolute Gasteiger partial charge is 0.392 e. The third-order valence-electron chi connectivity index (χ3n) is 2.69. The molecule has 0 aliphatic carbocycles. The fourth-order valence-electron chi connectivity index (χ4n) is 1.84. The van der Waals surface area contributed by atoms with Gasteiger partial charge >= 0.3 is 0 Å². The number of aliphatic hydroxyl groups is 1. The number of hydrogen-bond acceptors (Lipinski definition) is 3. The SMILES string of the molecule is OCc1cccc2sc(-c3ccccc3)nc12. The minimum Gasteiger partial charge on any atom is -0.392 e. The highest BCUT2D eigenvalue weighted by atomic mass is 32.1. The second-order valence-electron chi connectivity index (χ2n) is 3.81. The molecular formula is C14H11NOS. The molecule has 17 heavy (non-hydrogen) atoms. The molecule has 2 nitrogen and oxygen atoms in total. The van der Waals surface area contributed by atoms with E-state index in [0.29, 0.717) is 0 Å². The van der Waals surface area contributed by atoms with E-state index >= 15 is 0 Å². The Bertz CT molecular complexity index is 646. The highest BCUT2D eigenvalue weighted by molar-refractivity contribution is 7.21. The first-order chi connectivity index (χ1) is 8.38. The molecule has 0 amide bonds. The van der Waals surface area contributed by atoms with E-state index in [1.54, 1.807) is 11.3 Å². The molecule has 0 bridgehead atoms. The zero-order chi connectivity index (χ0) is 11.7. The van der Waals surface area contributed by atoms with Gasteiger partial charge in [-0.1, -0.05) is 42.5 Å². The molecule has 1 aromatic heterocycles. The third-order valence-corrected chi connectivity index (χ3v) is 3.76. The van der Waals surface area contributed by atoms with Gasteiger partial charge in [0.1, 0.15) is 5.01 Å². The second-order valence-corrected chi connectivity index (χ2v) is 4.84. The molecule has 2 aromatic carbocycles. The summed E-state index contributed by atoms with van der Waals surface area (Å²) < 4.78 is 1.12. The van der Waals surface area contributed by atoms with Gasteiger partial charge in [0.15, 0.2) is 0 Å². The van der Waals surface area contributed by atoms with Crippen molar-refractivity contribution in [1.29, 1.82) is 0 Å². The van der Waals surface area contributed by atoms with Gasteiger partial charge in [0.05, 0.1) is 16.8 Å². The van der Waals surface area contributed by atoms with Crippen molar-refractivity contribution in [2.75, 3.05) is 0 Å². The molecule has 3 aromatic rings. The lowest BCUT2D eigenvalue weighted by atomic mass is 10.2. The van der Waals surface area contributed by atoms with Crippen molar-refractivity contribution in [1.82, 2.24) is 4.98 Å². The number of rotatable bonds is 2. The fraction of sp³-hybridized carbons (Fsp3) is 0.0714. The van der Waals surface area contributed by atoms with E-state index < -0.39 is 0 Å². The highest BCUT2D eigenvalue weighted by Gasteiger charge is 2.08. The Morgan fingerprint density at radius 1 is 1.00 bits per heavy atom. The molecule has 84 valence electrons. The summed E-state index contributed by atoms with van der Waals surface area (Å²) in [5.41, 5.74) is 2.93. The maximum absolute atomic E-state index is 9.28. The van der Waals surface area contributed by atoms with Crippen LogP contribution in [0.25, 0.3) is 20.8 Å². The van der Waals surface area contributed by atoms with Gasteiger partial charge in [0.25, 0.3) is 0 Å². The number of nitrogens with zero attached hydrogens (tertiary/aromatic N) is 1. The van der Waals surface area contributed by atoms with E-state index in [-0.39, 0.29) is 6.61 Å². The average Bonchev–Trinajstić information content (AvgIpc) is 2.83. The van der Waals surface area contributed by atoms with Crippen LogP contribution in [0.15, 0.2) is 48.5 Å². The summed E-state index contributed by atoms with van der Waals surface area (Å²) in [5.74, 6) is 0. The Labute approximate surface area is 103 Å². The Morgan fingerprint density at radius 3 is 2.59 bits per heavy atom. The predicted octanol–water partition coefficient (Wildman–Crippen LogP) is 3.46. The summed E-state index contributed by atoms with van der Waals surface area (Å²) in [4.78, 5) is 4.61. The average molecular weight is 241 g/mol. The molecule has 0 aliphatic heterocycles. The molecule has 1 N–H and O–H groups in total. The molecule has 0 unspecified atom stereocenters. The molecular weight excluding hydrogens is 230 g/mol. The minimum absolute atomic E-state index is 0.0370. The van der Waals surface area contributed by atoms with Crippen molar-refractivity contribution < 1.29 is 5.11 Å². The van der Waals surface area contributed by atoms with Crippen molar-refractivity contribution in [3.8, 4) is 10.6 Å². The lowest BCUT2D eigenvalue weighted by molar-refractivity contribution is 0.283. The third kappa shape index (κ3) is 1.84. The van der Waals surface area contributed by atoms with Crippen molar-refractivity contribution in [3.63, 3.8) is 0 Å². The standard InChI is InChI=1S/C14H11NOS/c16-9-11-7-4-8-12-13(11)15-14(17-12)10-5-2-1-3-6-10/h1-8,16H,9H2. The first-order valence-corrected chi connectivity index (χ1v) is 6.25. The number of para-hydroxylation sites is 1. The quantitative estimate of drug-likeness (QED) is 0.745. The summed E-state index contributed by atoms with van der Waals surface area (Å²) in [7, 11) is 0. The number of aromatic nitrogens is 1. The smallest absolute Gasteiger partial charge is 0.124 e. The lowest BCUT2D eigenvalue weighted by Gasteiger charge is -1.95. The van der Waals surface area contributed by atoms with Gasteiger partial charge in [-0.25, -0.2) is 4.98 Å². The van der Waals surface area contributed by atoms with E-state index in [9.17, 15) is 5.11 Å². The fourth-order valence-corrected chi connectivity index (χ4v) is 2.86. The topological polar surface area (TPSA) is 33.1 Å². The summed E-state index contributed by atoms with van der Waals surface area (Å²) in [6.07, 6.45) is 0. The van der Waals surface area contributed by atoms with E-state index in [1.807, 2.05) is 36.4 Å². The number of hydrogen-bond donors (Lipinski definition) is 1. The molecule has 0 saturated heterocycles. The van der Waals surface area contributed by atoms with Gasteiger partial charge in [0, 0.05) is 11.1 Å². The van der Waals surface area contributed by atoms with E-state index in [1.165, 1.54) is 0 Å². The molecule has 0 radical (unpaired) electrons. The Hall–Kier alpha value is -1.71. The molecule has 3 heteroatoms. The second kappa shape index (κ2) is 4.28. The molecule has 0 saturated carbocycles. The van der Waals surface area contributed by atoms with Crippen LogP contribution in [0.4, 0.5) is 0 Å². The van der Waals surface area contributed by atoms with Crippen LogP contribution in [0.2, 0.25) is 0 Å². The van der Waals surface area contributed by atoms with Crippen LogP contribution >= 0.6 is 11.3 Å². The highest BCUT2D eigenvalue weighted by Crippen LogP contribution is 2.31. The lowest BCUT2D eigenvalue weighted by Crippen LogP contribution is -1.84. The Balaban J connectivity index is 2.20. The zero-order valence-electron chi connectivity index (χ0n) is 9.13. The van der Waals surface area contributed by atoms with Crippen LogP contribution in [0, 0.1) is 0 Å². The normalized spacial score (nSPS) is 10.9. The van der Waals surface area contributed by atoms with Gasteiger partial charge < -0.3 is 5.11 Å². The van der Waals surface area contributed by atoms with Crippen molar-refractivity contribution in [2.24, 2.45) is 0 Å². The molecule has 0 spiro atoms. The van der Waals surface area contributed by atoms with Crippen LogP contribution in [0.5, 0.6) is 0 Å². The summed E-state index contributed by atoms with van der Waals surface area (Å²) in [5, 5.41) is 10.3. The summed E-state index contributed by atoms with van der Waals surface area (Å²) >= 11 is 1.66. The van der Waals surface area contributed by atoms with Gasteiger partial charge in [-0.15, -0.1) is 11.3 Å². The first kappa shape index (κ1) is 10.4. The van der Waals surface area contributed by atoms with Crippen LogP contribution in [0.1, 0.15) is 5.56 Å². The number of aliphatic hydroxyl groups excluding tert-OH is 1. The van der Waals surface area contributed by atoms with E-state index in [0.717, 1.165) is 26.4 Å². The van der Waals surface area contributed by atoms with Gasteiger partial charge in [-0.3, -0.25) is 0 Å². The molecule has 0 aliphatic rings. The maximum atomic E-state index is 9.28. The maximum Gasteiger partial charge on any atom is 0.124 e. The molecule has 0 fully saturated rings. The van der Waals surface area contributed by atoms with Gasteiger partial charge in [-0.05, 0) is 6.07 Å². The van der Waals surface area contributed by atoms with Crippen LogP contribution in [-0.4, -0.2) is 10.1 Å². The predicted molar refractivity (Wildman–Crippen MR) is 71.0 cm³/mol. The van der Waals surface area contributed by atoms with E-state index in [2.05, 4.69) is 17.1 Å². The summed E-state index contributed by atoms with van der Waals surface area (Å²) in [6, 6.07) is 16.0. The summed E-state index contributed by atoms with van der Waals surface area (Å²) in [6.45, 7) is 0.0370. The molecule has 1 heterocycles. The Morgan fingerprint density at radius 2 is 1.82 bits per heavy atom. The van der Waals surface area contributed by atoms with Gasteiger partial charge in [0.2, 0.25) is 0 Å². The number of benzene rings is 2. The zero-order valence-corrected chi connectivity index (χ0v) is 9.95. The van der Waals surface area contributed by atoms with Crippen LogP contribution < -0.4 is 0 Å². The van der Waals surface area contributed by atoms with Crippen molar-refractivity contribution in [2.45, 2.75) is 6.61 Å². The van der Waals surface area contributed by atoms with Crippen LogP contribution in [-0.2, 0) is 6.61 Å². The number of thiazole rings is 1. The number of fused-ring (bicyclic) bond motifs is 1. The van der Waals surface area contributed by atoms with Crippen LogP contribution in [0.3, 0.4) is 0 Å². The monoisotopic (exact) mass is 241 g/mol. The van der Waals surface area contributed by atoms with Gasteiger partial charge in [-0.2, -0.15) is 0 Å². The van der Waals surface area contributed by atoms with E-state index in [4.69, 9.17) is 0 Å². The Kier molecular flexibility index (Phi) is 2.63. The molecule has 0 atom stereocenters.